The molecule has 1 aliphatic rings. The molecule has 100 valence electrons. The van der Waals surface area contributed by atoms with Crippen LogP contribution in [0.5, 0.6) is 0 Å². The van der Waals surface area contributed by atoms with E-state index in [1.807, 2.05) is 6.92 Å². The molecule has 2 rings (SSSR count). The molecule has 0 unspecified atom stereocenters. The van der Waals surface area contributed by atoms with Crippen molar-refractivity contribution in [3.63, 3.8) is 0 Å². The molecule has 0 radical (unpaired) electrons. The maximum Gasteiger partial charge on any atom is 0.252 e. The van der Waals surface area contributed by atoms with E-state index in [1.165, 1.54) is 6.07 Å². The molecule has 1 aromatic rings. The second-order valence-electron chi connectivity index (χ2n) is 4.65. The van der Waals surface area contributed by atoms with Gasteiger partial charge in [0, 0.05) is 32.2 Å². The lowest BCUT2D eigenvalue weighted by molar-refractivity contribution is 0.0627. The summed E-state index contributed by atoms with van der Waals surface area (Å²) in [7, 11) is 0. The van der Waals surface area contributed by atoms with Crippen molar-refractivity contribution in [2.75, 3.05) is 25.1 Å². The molecule has 4 N–H and O–H groups in total. The highest BCUT2D eigenvalue weighted by atomic mass is 16.5. The van der Waals surface area contributed by atoms with Gasteiger partial charge < -0.3 is 20.8 Å². The highest BCUT2D eigenvalue weighted by Gasteiger charge is 2.31. The molecule has 0 amide bonds. The molecule has 6 heteroatoms. The zero-order chi connectivity index (χ0) is 13.0. The Morgan fingerprint density at radius 1 is 1.56 bits per heavy atom. The summed E-state index contributed by atoms with van der Waals surface area (Å²) in [5.41, 5.74) is 5.52. The summed E-state index contributed by atoms with van der Waals surface area (Å²) in [5.74, 6) is 1.28. The second kappa shape index (κ2) is 5.49. The first-order valence-electron chi connectivity index (χ1n) is 6.34. The monoisotopic (exact) mass is 252 g/mol. The molecule has 0 atom stereocenters. The molecule has 0 aromatic carbocycles. The smallest absolute Gasteiger partial charge is 0.252 e. The van der Waals surface area contributed by atoms with Gasteiger partial charge in [-0.1, -0.05) is 6.92 Å². The van der Waals surface area contributed by atoms with Crippen LogP contribution in [0.2, 0.25) is 0 Å². The highest BCUT2D eigenvalue weighted by molar-refractivity contribution is 5.37. The van der Waals surface area contributed by atoms with Crippen molar-refractivity contribution in [2.45, 2.75) is 31.7 Å². The van der Waals surface area contributed by atoms with E-state index in [4.69, 9.17) is 10.5 Å². The third kappa shape index (κ3) is 2.88. The largest absolute Gasteiger partial charge is 0.381 e. The van der Waals surface area contributed by atoms with E-state index in [-0.39, 0.29) is 11.1 Å². The molecule has 6 nitrogen and oxygen atoms in total. The molecule has 0 spiro atoms. The number of anilines is 1. The number of nitrogens with one attached hydrogen (secondary N) is 2. The Labute approximate surface area is 106 Å². The summed E-state index contributed by atoms with van der Waals surface area (Å²) in [6.45, 7) is 3.84. The number of aryl methyl sites for hydroxylation is 1. The van der Waals surface area contributed by atoms with Crippen LogP contribution in [-0.4, -0.2) is 35.3 Å². The highest BCUT2D eigenvalue weighted by Crippen LogP contribution is 2.23. The van der Waals surface area contributed by atoms with E-state index >= 15 is 0 Å². The van der Waals surface area contributed by atoms with Crippen LogP contribution in [-0.2, 0) is 11.2 Å². The lowest BCUT2D eigenvalue weighted by Gasteiger charge is -2.37. The minimum absolute atomic E-state index is 0.136. The second-order valence-corrected chi connectivity index (χ2v) is 4.65. The van der Waals surface area contributed by atoms with Gasteiger partial charge >= 0.3 is 0 Å². The Morgan fingerprint density at radius 2 is 2.28 bits per heavy atom. The van der Waals surface area contributed by atoms with E-state index in [1.54, 1.807) is 0 Å². The van der Waals surface area contributed by atoms with Crippen molar-refractivity contribution in [1.29, 1.82) is 0 Å². The van der Waals surface area contributed by atoms with Gasteiger partial charge in [-0.2, -0.15) is 0 Å². The Kier molecular flexibility index (Phi) is 3.98. The van der Waals surface area contributed by atoms with Gasteiger partial charge in [0.25, 0.3) is 5.56 Å². The van der Waals surface area contributed by atoms with E-state index < -0.39 is 0 Å². The van der Waals surface area contributed by atoms with Crippen molar-refractivity contribution in [2.24, 2.45) is 5.73 Å². The van der Waals surface area contributed by atoms with Crippen LogP contribution in [0.25, 0.3) is 0 Å². The lowest BCUT2D eigenvalue weighted by atomic mass is 9.90. The van der Waals surface area contributed by atoms with Gasteiger partial charge in [-0.15, -0.1) is 0 Å². The predicted molar refractivity (Wildman–Crippen MR) is 69.7 cm³/mol. The fourth-order valence-corrected chi connectivity index (χ4v) is 2.15. The lowest BCUT2D eigenvalue weighted by Crippen LogP contribution is -2.50. The molecule has 18 heavy (non-hydrogen) atoms. The van der Waals surface area contributed by atoms with Crippen molar-refractivity contribution in [3.05, 3.63) is 22.2 Å². The number of nitrogens with zero attached hydrogens (tertiary/aromatic N) is 1. The first-order valence-corrected chi connectivity index (χ1v) is 6.34. The van der Waals surface area contributed by atoms with Crippen LogP contribution in [0.1, 0.15) is 25.6 Å². The van der Waals surface area contributed by atoms with Gasteiger partial charge in [-0.05, 0) is 12.8 Å². The fourth-order valence-electron chi connectivity index (χ4n) is 2.15. The number of hydrogen-bond donors (Lipinski definition) is 3. The first-order chi connectivity index (χ1) is 8.67. The average Bonchev–Trinajstić information content (AvgIpc) is 2.39. The van der Waals surface area contributed by atoms with Crippen LogP contribution in [0, 0.1) is 0 Å². The van der Waals surface area contributed by atoms with Gasteiger partial charge in [-0.3, -0.25) is 4.79 Å². The topological polar surface area (TPSA) is 93.0 Å². The molecule has 2 heterocycles. The normalized spacial score (nSPS) is 18.6. The summed E-state index contributed by atoms with van der Waals surface area (Å²) in [5, 5.41) is 3.32. The molecular weight excluding hydrogens is 232 g/mol. The molecular formula is C12H20N4O2. The van der Waals surface area contributed by atoms with Crippen molar-refractivity contribution < 1.29 is 4.74 Å². The third-order valence-electron chi connectivity index (χ3n) is 3.36. The number of H-pyrrole nitrogens is 1. The number of aromatic nitrogens is 2. The van der Waals surface area contributed by atoms with Crippen molar-refractivity contribution in [3.8, 4) is 0 Å². The maximum absolute atomic E-state index is 11.5. The number of ether oxygens (including phenoxy) is 1. The van der Waals surface area contributed by atoms with Crippen molar-refractivity contribution >= 4 is 5.82 Å². The Hall–Kier alpha value is -1.40. The number of rotatable bonds is 4. The number of aromatic amines is 1. The van der Waals surface area contributed by atoms with Gasteiger partial charge in [0.2, 0.25) is 0 Å². The molecule has 1 fully saturated rings. The molecule has 1 saturated heterocycles. The summed E-state index contributed by atoms with van der Waals surface area (Å²) < 4.78 is 5.35. The summed E-state index contributed by atoms with van der Waals surface area (Å²) in [6, 6.07) is 1.48. The summed E-state index contributed by atoms with van der Waals surface area (Å²) >= 11 is 0. The Balaban J connectivity index is 2.21. The molecule has 1 aliphatic heterocycles. The standard InChI is InChI=1S/C12H20N4O2/c1-2-9-14-10(7-11(17)15-9)16-12(8-13)3-5-18-6-4-12/h7H,2-6,8,13H2,1H3,(H2,14,15,16,17). The quantitative estimate of drug-likeness (QED) is 0.714. The first kappa shape index (κ1) is 13.0. The maximum atomic E-state index is 11.5. The van der Waals surface area contributed by atoms with E-state index in [2.05, 4.69) is 15.3 Å². The minimum atomic E-state index is -0.204. The SMILES string of the molecule is CCc1nc(NC2(CN)CCOCC2)cc(=O)[nH]1. The van der Waals surface area contributed by atoms with Gasteiger partial charge in [0.15, 0.2) is 0 Å². The summed E-state index contributed by atoms with van der Waals surface area (Å²) in [4.78, 5) is 18.6. The Morgan fingerprint density at radius 3 is 2.89 bits per heavy atom. The fraction of sp³-hybridized carbons (Fsp3) is 0.667. The van der Waals surface area contributed by atoms with Crippen LogP contribution >= 0.6 is 0 Å². The average molecular weight is 252 g/mol. The molecule has 1 aromatic heterocycles. The molecule has 0 saturated carbocycles. The zero-order valence-corrected chi connectivity index (χ0v) is 10.7. The van der Waals surface area contributed by atoms with E-state index in [0.29, 0.717) is 37.8 Å². The van der Waals surface area contributed by atoms with Gasteiger partial charge in [-0.25, -0.2) is 4.98 Å². The predicted octanol–water partition coefficient (Wildman–Crippen LogP) is 0.252. The summed E-state index contributed by atoms with van der Waals surface area (Å²) in [6.07, 6.45) is 2.36. The molecule has 0 bridgehead atoms. The number of nitrogens with two attached hydrogens (primary N) is 1. The Bertz CT molecular complexity index is 452. The van der Waals surface area contributed by atoms with Crippen LogP contribution in [0.15, 0.2) is 10.9 Å². The van der Waals surface area contributed by atoms with Crippen LogP contribution in [0.3, 0.4) is 0 Å². The number of hydrogen-bond acceptors (Lipinski definition) is 5. The molecule has 0 aliphatic carbocycles. The minimum Gasteiger partial charge on any atom is -0.381 e. The van der Waals surface area contributed by atoms with Crippen LogP contribution < -0.4 is 16.6 Å². The van der Waals surface area contributed by atoms with Crippen LogP contribution in [0.4, 0.5) is 5.82 Å². The van der Waals surface area contributed by atoms with Gasteiger partial charge in [0.1, 0.15) is 11.6 Å². The van der Waals surface area contributed by atoms with Gasteiger partial charge in [0.05, 0.1) is 5.54 Å². The zero-order valence-electron chi connectivity index (χ0n) is 10.7. The van der Waals surface area contributed by atoms with Crippen molar-refractivity contribution in [1.82, 2.24) is 9.97 Å². The third-order valence-corrected chi connectivity index (χ3v) is 3.36. The van der Waals surface area contributed by atoms with E-state index in [0.717, 1.165) is 12.8 Å². The van der Waals surface area contributed by atoms with E-state index in [9.17, 15) is 4.79 Å².